The van der Waals surface area contributed by atoms with Crippen molar-refractivity contribution in [3.8, 4) is 24.2 Å². The van der Waals surface area contributed by atoms with Crippen molar-refractivity contribution in [2.75, 3.05) is 0 Å². The summed E-state index contributed by atoms with van der Waals surface area (Å²) >= 11 is 0. The smallest absolute Gasteiger partial charge is 0.119 e. The van der Waals surface area contributed by atoms with Gasteiger partial charge in [0.25, 0.3) is 0 Å². The number of hydrogen-bond acceptors (Lipinski definition) is 1. The van der Waals surface area contributed by atoms with Gasteiger partial charge in [0.15, 0.2) is 0 Å². The van der Waals surface area contributed by atoms with E-state index in [2.05, 4.69) is 17.8 Å². The molecule has 0 aromatic rings. The van der Waals surface area contributed by atoms with Crippen molar-refractivity contribution < 1.29 is 5.11 Å². The van der Waals surface area contributed by atoms with Crippen molar-refractivity contribution in [3.63, 3.8) is 0 Å². The van der Waals surface area contributed by atoms with Gasteiger partial charge in [-0.1, -0.05) is 5.92 Å². The van der Waals surface area contributed by atoms with Crippen molar-refractivity contribution in [2.45, 2.75) is 45.1 Å². The van der Waals surface area contributed by atoms with Crippen molar-refractivity contribution in [2.24, 2.45) is 0 Å². The molecule has 1 N–H and O–H groups in total. The van der Waals surface area contributed by atoms with Gasteiger partial charge >= 0.3 is 0 Å². The van der Waals surface area contributed by atoms with E-state index in [1.807, 2.05) is 0 Å². The number of rotatable bonds is 3. The van der Waals surface area contributed by atoms with Crippen LogP contribution in [0.5, 0.6) is 0 Å². The molecule has 0 unspecified atom stereocenters. The Morgan fingerprint density at radius 3 is 2.33 bits per heavy atom. The lowest BCUT2D eigenvalue weighted by Crippen LogP contribution is -2.14. The second-order valence-electron chi connectivity index (χ2n) is 3.27. The number of unbranched alkanes of at least 4 members (excludes halogenated alkanes) is 3. The SMILES string of the molecule is C#CCCCCC#CC(C)(C)O. The molecule has 0 aliphatic rings. The van der Waals surface area contributed by atoms with Crippen LogP contribution in [0.1, 0.15) is 39.5 Å². The molecule has 0 rings (SSSR count). The minimum Gasteiger partial charge on any atom is -0.378 e. The van der Waals surface area contributed by atoms with Gasteiger partial charge in [0.2, 0.25) is 0 Å². The first kappa shape index (κ1) is 11.1. The molecular weight excluding hydrogens is 148 g/mol. The predicted octanol–water partition coefficient (Wildman–Crippen LogP) is 1.95. The van der Waals surface area contributed by atoms with Crippen molar-refractivity contribution in [1.29, 1.82) is 0 Å². The molecule has 0 fully saturated rings. The fourth-order valence-electron chi connectivity index (χ4n) is 0.719. The van der Waals surface area contributed by atoms with Crippen LogP contribution in [0.4, 0.5) is 0 Å². The van der Waals surface area contributed by atoms with Gasteiger partial charge in [-0.15, -0.1) is 18.3 Å². The van der Waals surface area contributed by atoms with E-state index in [-0.39, 0.29) is 0 Å². The second kappa shape index (κ2) is 5.70. The van der Waals surface area contributed by atoms with E-state index in [1.165, 1.54) is 0 Å². The van der Waals surface area contributed by atoms with Crippen molar-refractivity contribution >= 4 is 0 Å². The maximum Gasteiger partial charge on any atom is 0.119 e. The Kier molecular flexibility index (Phi) is 5.26. The fraction of sp³-hybridized carbons (Fsp3) is 0.636. The highest BCUT2D eigenvalue weighted by atomic mass is 16.3. The van der Waals surface area contributed by atoms with Crippen LogP contribution in [0.2, 0.25) is 0 Å². The largest absolute Gasteiger partial charge is 0.378 e. The third-order valence-electron chi connectivity index (χ3n) is 1.27. The number of aliphatic hydroxyl groups is 1. The summed E-state index contributed by atoms with van der Waals surface area (Å²) in [7, 11) is 0. The first-order valence-electron chi connectivity index (χ1n) is 4.22. The molecule has 66 valence electrons. The Morgan fingerprint density at radius 2 is 1.83 bits per heavy atom. The summed E-state index contributed by atoms with van der Waals surface area (Å²) in [4.78, 5) is 0. The molecule has 1 nitrogen and oxygen atoms in total. The fourth-order valence-corrected chi connectivity index (χ4v) is 0.719. The minimum atomic E-state index is -0.855. The molecule has 0 heterocycles. The molecule has 0 aromatic carbocycles. The van der Waals surface area contributed by atoms with E-state index in [4.69, 9.17) is 6.42 Å². The highest BCUT2D eigenvalue weighted by Crippen LogP contribution is 2.00. The zero-order valence-corrected chi connectivity index (χ0v) is 7.85. The van der Waals surface area contributed by atoms with Gasteiger partial charge in [-0.2, -0.15) is 0 Å². The van der Waals surface area contributed by atoms with Crippen LogP contribution in [-0.2, 0) is 0 Å². The normalized spacial score (nSPS) is 9.83. The van der Waals surface area contributed by atoms with E-state index in [9.17, 15) is 5.11 Å². The van der Waals surface area contributed by atoms with Crippen LogP contribution in [0.15, 0.2) is 0 Å². The molecule has 0 saturated carbocycles. The topological polar surface area (TPSA) is 20.2 Å². The zero-order valence-electron chi connectivity index (χ0n) is 7.85. The molecule has 0 aromatic heterocycles. The lowest BCUT2D eigenvalue weighted by molar-refractivity contribution is 0.143. The third kappa shape index (κ3) is 9.08. The molecule has 0 aliphatic carbocycles. The van der Waals surface area contributed by atoms with Crippen LogP contribution in [0.3, 0.4) is 0 Å². The van der Waals surface area contributed by atoms with Crippen LogP contribution in [0, 0.1) is 24.2 Å². The van der Waals surface area contributed by atoms with Gasteiger partial charge in [-0.3, -0.25) is 0 Å². The monoisotopic (exact) mass is 164 g/mol. The van der Waals surface area contributed by atoms with Gasteiger partial charge in [-0.05, 0) is 26.7 Å². The quantitative estimate of drug-likeness (QED) is 0.499. The first-order chi connectivity index (χ1) is 5.56. The molecule has 0 aliphatic heterocycles. The molecule has 12 heavy (non-hydrogen) atoms. The Balaban J connectivity index is 3.42. The third-order valence-corrected chi connectivity index (χ3v) is 1.27. The maximum atomic E-state index is 9.21. The summed E-state index contributed by atoms with van der Waals surface area (Å²) in [5.41, 5.74) is -0.855. The summed E-state index contributed by atoms with van der Waals surface area (Å²) in [5, 5.41) is 9.21. The van der Waals surface area contributed by atoms with E-state index in [0.717, 1.165) is 25.7 Å². The molecule has 0 bridgehead atoms. The average Bonchev–Trinajstić information content (AvgIpc) is 1.94. The Hall–Kier alpha value is -0.920. The number of hydrogen-bond donors (Lipinski definition) is 1. The highest BCUT2D eigenvalue weighted by Gasteiger charge is 2.04. The van der Waals surface area contributed by atoms with Gasteiger partial charge in [0, 0.05) is 12.8 Å². The summed E-state index contributed by atoms with van der Waals surface area (Å²) < 4.78 is 0. The van der Waals surface area contributed by atoms with Gasteiger partial charge in [0.05, 0.1) is 0 Å². The van der Waals surface area contributed by atoms with Crippen molar-refractivity contribution in [3.05, 3.63) is 0 Å². The molecular formula is C11H16O. The van der Waals surface area contributed by atoms with Crippen LogP contribution in [-0.4, -0.2) is 10.7 Å². The van der Waals surface area contributed by atoms with E-state index in [0.29, 0.717) is 0 Å². The highest BCUT2D eigenvalue weighted by molar-refractivity contribution is 5.09. The summed E-state index contributed by atoms with van der Waals surface area (Å²) in [5.74, 6) is 8.25. The number of terminal acetylenes is 1. The Bertz CT molecular complexity index is 204. The minimum absolute atomic E-state index is 0.824. The molecule has 0 spiro atoms. The first-order valence-corrected chi connectivity index (χ1v) is 4.22. The van der Waals surface area contributed by atoms with Crippen LogP contribution in [0.25, 0.3) is 0 Å². The summed E-state index contributed by atoms with van der Waals surface area (Å²) in [6.07, 6.45) is 8.78. The van der Waals surface area contributed by atoms with Crippen LogP contribution >= 0.6 is 0 Å². The lowest BCUT2D eigenvalue weighted by Gasteiger charge is -2.05. The Labute approximate surface area is 75.2 Å². The predicted molar refractivity (Wildman–Crippen MR) is 51.4 cm³/mol. The molecule has 0 atom stereocenters. The molecule has 0 radical (unpaired) electrons. The van der Waals surface area contributed by atoms with Crippen LogP contribution < -0.4 is 0 Å². The lowest BCUT2D eigenvalue weighted by atomic mass is 10.1. The van der Waals surface area contributed by atoms with E-state index in [1.54, 1.807) is 13.8 Å². The molecule has 0 amide bonds. The summed E-state index contributed by atoms with van der Waals surface area (Å²) in [6.45, 7) is 3.36. The van der Waals surface area contributed by atoms with E-state index >= 15 is 0 Å². The van der Waals surface area contributed by atoms with E-state index < -0.39 is 5.60 Å². The van der Waals surface area contributed by atoms with Crippen molar-refractivity contribution in [1.82, 2.24) is 0 Å². The Morgan fingerprint density at radius 1 is 1.25 bits per heavy atom. The standard InChI is InChI=1S/C11H16O/c1-4-5-6-7-8-9-10-11(2,3)12/h1,12H,5-8H2,2-3H3. The average molecular weight is 164 g/mol. The maximum absolute atomic E-state index is 9.21. The van der Waals surface area contributed by atoms with Gasteiger partial charge in [0.1, 0.15) is 5.60 Å². The molecule has 1 heteroatoms. The molecule has 0 saturated heterocycles. The van der Waals surface area contributed by atoms with Gasteiger partial charge in [-0.25, -0.2) is 0 Å². The second-order valence-corrected chi connectivity index (χ2v) is 3.27. The zero-order chi connectivity index (χ0) is 9.45. The summed E-state index contributed by atoms with van der Waals surface area (Å²) in [6, 6.07) is 0. The van der Waals surface area contributed by atoms with Gasteiger partial charge < -0.3 is 5.11 Å².